The van der Waals surface area contributed by atoms with Crippen molar-refractivity contribution in [1.82, 2.24) is 0 Å². The smallest absolute Gasteiger partial charge is 0.0700 e. The first-order chi connectivity index (χ1) is 14.7. The van der Waals surface area contributed by atoms with Gasteiger partial charge in [0.1, 0.15) is 0 Å². The Bertz CT molecular complexity index is 889. The number of fused-ring (bicyclic) bond motifs is 2. The van der Waals surface area contributed by atoms with Gasteiger partial charge in [-0.1, -0.05) is 36.4 Å². The standard InChI is InChI=1S/C26H34O4/c1-19-23-7-5-21(9-11-29-15-13-27-3)17-25(23)20(2)26-18-22(6-8-24(19)26)10-12-30-16-14-28-4/h5-8,17-18H,9-16H2,1-4H3. The van der Waals surface area contributed by atoms with Crippen LogP contribution in [0.1, 0.15) is 22.3 Å². The van der Waals surface area contributed by atoms with Crippen LogP contribution in [0.5, 0.6) is 0 Å². The SMILES string of the molecule is COCCOCCc1ccc2c(C)c3ccc(CCOCCOC)cc3c(C)c2c1. The molecular formula is C26H34O4. The summed E-state index contributed by atoms with van der Waals surface area (Å²) < 4.78 is 21.4. The number of hydrogen-bond acceptors (Lipinski definition) is 4. The molecule has 3 aromatic rings. The van der Waals surface area contributed by atoms with Gasteiger partial charge in [0, 0.05) is 14.2 Å². The van der Waals surface area contributed by atoms with E-state index < -0.39 is 0 Å². The maximum absolute atomic E-state index is 5.65. The summed E-state index contributed by atoms with van der Waals surface area (Å²) in [7, 11) is 3.39. The Morgan fingerprint density at radius 1 is 0.533 bits per heavy atom. The van der Waals surface area contributed by atoms with E-state index in [1.165, 1.54) is 43.8 Å². The number of hydrogen-bond donors (Lipinski definition) is 0. The largest absolute Gasteiger partial charge is 0.382 e. The number of aryl methyl sites for hydroxylation is 2. The molecule has 0 saturated heterocycles. The van der Waals surface area contributed by atoms with Crippen molar-refractivity contribution in [1.29, 1.82) is 0 Å². The van der Waals surface area contributed by atoms with Gasteiger partial charge in [-0.15, -0.1) is 0 Å². The summed E-state index contributed by atoms with van der Waals surface area (Å²) in [6, 6.07) is 13.6. The lowest BCUT2D eigenvalue weighted by atomic mass is 9.90. The Hall–Kier alpha value is -1.98. The molecule has 0 bridgehead atoms. The first-order valence-electron chi connectivity index (χ1n) is 10.7. The van der Waals surface area contributed by atoms with Crippen LogP contribution in [0, 0.1) is 13.8 Å². The van der Waals surface area contributed by atoms with Crippen LogP contribution in [-0.4, -0.2) is 53.9 Å². The fraction of sp³-hybridized carbons (Fsp3) is 0.462. The zero-order valence-corrected chi connectivity index (χ0v) is 18.8. The topological polar surface area (TPSA) is 36.9 Å². The summed E-state index contributed by atoms with van der Waals surface area (Å²) >= 11 is 0. The van der Waals surface area contributed by atoms with Crippen LogP contribution < -0.4 is 0 Å². The van der Waals surface area contributed by atoms with E-state index in [2.05, 4.69) is 50.2 Å². The van der Waals surface area contributed by atoms with Crippen molar-refractivity contribution in [3.05, 3.63) is 58.7 Å². The van der Waals surface area contributed by atoms with E-state index in [0.717, 1.165) is 12.8 Å². The maximum atomic E-state index is 5.65. The molecule has 0 radical (unpaired) electrons. The van der Waals surface area contributed by atoms with Crippen molar-refractivity contribution < 1.29 is 18.9 Å². The fourth-order valence-electron chi connectivity index (χ4n) is 3.93. The van der Waals surface area contributed by atoms with Crippen LogP contribution in [0.25, 0.3) is 21.5 Å². The minimum Gasteiger partial charge on any atom is -0.382 e. The summed E-state index contributed by atoms with van der Waals surface area (Å²) in [6.07, 6.45) is 1.82. The van der Waals surface area contributed by atoms with Gasteiger partial charge >= 0.3 is 0 Å². The molecule has 0 aliphatic rings. The fourth-order valence-corrected chi connectivity index (χ4v) is 3.93. The molecule has 162 valence electrons. The van der Waals surface area contributed by atoms with Gasteiger partial charge in [-0.2, -0.15) is 0 Å². The molecule has 0 spiro atoms. The molecule has 3 rings (SSSR count). The van der Waals surface area contributed by atoms with E-state index in [1.807, 2.05) is 0 Å². The number of ether oxygens (including phenoxy) is 4. The van der Waals surface area contributed by atoms with Gasteiger partial charge < -0.3 is 18.9 Å². The number of methoxy groups -OCH3 is 2. The van der Waals surface area contributed by atoms with Crippen molar-refractivity contribution in [2.75, 3.05) is 53.9 Å². The van der Waals surface area contributed by atoms with Crippen molar-refractivity contribution in [2.24, 2.45) is 0 Å². The minimum absolute atomic E-state index is 0.641. The molecule has 4 heteroatoms. The monoisotopic (exact) mass is 410 g/mol. The highest BCUT2D eigenvalue weighted by Gasteiger charge is 2.10. The second-order valence-corrected chi connectivity index (χ2v) is 7.72. The summed E-state index contributed by atoms with van der Waals surface area (Å²) in [5, 5.41) is 5.34. The Morgan fingerprint density at radius 3 is 1.40 bits per heavy atom. The molecule has 0 saturated carbocycles. The van der Waals surface area contributed by atoms with Crippen molar-refractivity contribution in [3.8, 4) is 0 Å². The molecule has 0 heterocycles. The van der Waals surface area contributed by atoms with Gasteiger partial charge in [-0.25, -0.2) is 0 Å². The van der Waals surface area contributed by atoms with Crippen LogP contribution >= 0.6 is 0 Å². The van der Waals surface area contributed by atoms with Crippen molar-refractivity contribution >= 4 is 21.5 Å². The van der Waals surface area contributed by atoms with E-state index in [4.69, 9.17) is 18.9 Å². The van der Waals surface area contributed by atoms with E-state index in [-0.39, 0.29) is 0 Å². The second kappa shape index (κ2) is 11.4. The Balaban J connectivity index is 1.81. The first kappa shape index (κ1) is 22.7. The summed E-state index contributed by atoms with van der Waals surface area (Å²) in [4.78, 5) is 0. The average molecular weight is 411 g/mol. The highest BCUT2D eigenvalue weighted by molar-refractivity contribution is 6.05. The quantitative estimate of drug-likeness (QED) is 0.310. The lowest BCUT2D eigenvalue weighted by Gasteiger charge is -2.15. The molecule has 0 aliphatic heterocycles. The van der Waals surface area contributed by atoms with Gasteiger partial charge in [0.25, 0.3) is 0 Å². The molecule has 4 nitrogen and oxygen atoms in total. The minimum atomic E-state index is 0.641. The molecule has 30 heavy (non-hydrogen) atoms. The zero-order valence-electron chi connectivity index (χ0n) is 18.8. The molecule has 3 aromatic carbocycles. The normalized spacial score (nSPS) is 11.6. The van der Waals surface area contributed by atoms with Crippen molar-refractivity contribution in [3.63, 3.8) is 0 Å². The van der Waals surface area contributed by atoms with Gasteiger partial charge in [0.05, 0.1) is 39.6 Å². The third-order valence-electron chi connectivity index (χ3n) is 5.72. The predicted octanol–water partition coefficient (Wildman–Crippen LogP) is 5.02. The van der Waals surface area contributed by atoms with Gasteiger partial charge in [0.15, 0.2) is 0 Å². The first-order valence-corrected chi connectivity index (χ1v) is 10.7. The average Bonchev–Trinajstić information content (AvgIpc) is 2.77. The van der Waals surface area contributed by atoms with Crippen LogP contribution in [0.2, 0.25) is 0 Å². The van der Waals surface area contributed by atoms with E-state index in [9.17, 15) is 0 Å². The lowest BCUT2D eigenvalue weighted by Crippen LogP contribution is -2.05. The summed E-state index contributed by atoms with van der Waals surface area (Å²) in [5.74, 6) is 0. The molecule has 0 N–H and O–H groups in total. The Kier molecular flexibility index (Phi) is 8.64. The molecule has 0 aliphatic carbocycles. The molecule has 0 atom stereocenters. The summed E-state index contributed by atoms with van der Waals surface area (Å²) in [5.41, 5.74) is 5.31. The lowest BCUT2D eigenvalue weighted by molar-refractivity contribution is 0.0722. The molecule has 0 aromatic heterocycles. The van der Waals surface area contributed by atoms with Crippen molar-refractivity contribution in [2.45, 2.75) is 26.7 Å². The summed E-state index contributed by atoms with van der Waals surface area (Å²) in [6.45, 7) is 8.47. The van der Waals surface area contributed by atoms with Crippen LogP contribution in [0.4, 0.5) is 0 Å². The molecular weight excluding hydrogens is 376 g/mol. The van der Waals surface area contributed by atoms with Crippen LogP contribution in [-0.2, 0) is 31.8 Å². The van der Waals surface area contributed by atoms with Gasteiger partial charge in [-0.3, -0.25) is 0 Å². The third kappa shape index (κ3) is 5.58. The highest BCUT2D eigenvalue weighted by atomic mass is 16.5. The van der Waals surface area contributed by atoms with Crippen LogP contribution in [0.15, 0.2) is 36.4 Å². The second-order valence-electron chi connectivity index (χ2n) is 7.72. The Labute approximate surface area is 180 Å². The Morgan fingerprint density at radius 2 is 0.967 bits per heavy atom. The van der Waals surface area contributed by atoms with Crippen LogP contribution in [0.3, 0.4) is 0 Å². The molecule has 0 unspecified atom stereocenters. The molecule has 0 fully saturated rings. The zero-order chi connectivity index (χ0) is 21.3. The van der Waals surface area contributed by atoms with E-state index in [1.54, 1.807) is 14.2 Å². The highest BCUT2D eigenvalue weighted by Crippen LogP contribution is 2.33. The van der Waals surface area contributed by atoms with Gasteiger partial charge in [-0.05, 0) is 70.5 Å². The molecule has 0 amide bonds. The number of benzene rings is 3. The number of rotatable bonds is 12. The van der Waals surface area contributed by atoms with E-state index in [0.29, 0.717) is 39.6 Å². The van der Waals surface area contributed by atoms with Gasteiger partial charge in [0.2, 0.25) is 0 Å². The predicted molar refractivity (Wildman–Crippen MR) is 124 cm³/mol. The third-order valence-corrected chi connectivity index (χ3v) is 5.72. The van der Waals surface area contributed by atoms with E-state index >= 15 is 0 Å². The maximum Gasteiger partial charge on any atom is 0.0700 e.